The molecule has 0 aromatic heterocycles. The van der Waals surface area contributed by atoms with Crippen molar-refractivity contribution >= 4 is 16.9 Å². The van der Waals surface area contributed by atoms with E-state index in [1.807, 2.05) is 25.1 Å². The predicted molar refractivity (Wildman–Crippen MR) is 86.0 cm³/mol. The van der Waals surface area contributed by atoms with Gasteiger partial charge >= 0.3 is 0 Å². The molecule has 1 aromatic rings. The van der Waals surface area contributed by atoms with E-state index in [4.69, 9.17) is 9.47 Å². The summed E-state index contributed by atoms with van der Waals surface area (Å²) in [7, 11) is 0. The Labute approximate surface area is 130 Å². The van der Waals surface area contributed by atoms with E-state index in [1.165, 1.54) is 24.6 Å². The summed E-state index contributed by atoms with van der Waals surface area (Å²) in [6.45, 7) is 5.39. The molecule has 1 atom stereocenters. The summed E-state index contributed by atoms with van der Waals surface area (Å²) in [6.07, 6.45) is 3.39. The molecule has 0 aliphatic carbocycles. The largest absolute Gasteiger partial charge is 0.490 e. The molecule has 1 aromatic carbocycles. The molecule has 1 saturated heterocycles. The van der Waals surface area contributed by atoms with Gasteiger partial charge in [0.25, 0.3) is 0 Å². The third-order valence-electron chi connectivity index (χ3n) is 3.34. The topological polar surface area (TPSA) is 47.6 Å². The molecule has 0 radical (unpaired) electrons. The fourth-order valence-electron chi connectivity index (χ4n) is 2.24. The first kappa shape index (κ1) is 16.2. The molecule has 1 aliphatic heterocycles. The van der Waals surface area contributed by atoms with E-state index >= 15 is 0 Å². The van der Waals surface area contributed by atoms with Gasteiger partial charge in [-0.1, -0.05) is 37.6 Å². The molecule has 1 N–H and O–H groups in total. The smallest absolute Gasteiger partial charge is 0.211 e. The van der Waals surface area contributed by atoms with Crippen LogP contribution in [0.4, 0.5) is 0 Å². The van der Waals surface area contributed by atoms with Crippen molar-refractivity contribution in [1.29, 1.82) is 0 Å². The minimum absolute atomic E-state index is 0.161. The van der Waals surface area contributed by atoms with Crippen LogP contribution in [0.5, 0.6) is 11.5 Å². The van der Waals surface area contributed by atoms with Crippen LogP contribution in [-0.4, -0.2) is 24.2 Å². The van der Waals surface area contributed by atoms with Crippen molar-refractivity contribution in [1.82, 2.24) is 5.32 Å². The highest BCUT2D eigenvalue weighted by atomic mass is 32.2. The summed E-state index contributed by atoms with van der Waals surface area (Å²) in [5, 5.41) is 3.35. The summed E-state index contributed by atoms with van der Waals surface area (Å²) < 4.78 is 11.5. The lowest BCUT2D eigenvalue weighted by molar-refractivity contribution is -0.112. The molecule has 1 aliphatic rings. The lowest BCUT2D eigenvalue weighted by Gasteiger charge is -2.15. The molecular formula is C16H23NO3S. The van der Waals surface area contributed by atoms with Gasteiger partial charge in [0, 0.05) is 0 Å². The number of hydrogen-bond acceptors (Lipinski definition) is 5. The molecule has 2 rings (SSSR count). The molecule has 0 saturated carbocycles. The Morgan fingerprint density at radius 1 is 1.24 bits per heavy atom. The van der Waals surface area contributed by atoms with E-state index in [1.54, 1.807) is 0 Å². The third kappa shape index (κ3) is 4.38. The van der Waals surface area contributed by atoms with Gasteiger partial charge in [0.2, 0.25) is 5.12 Å². The van der Waals surface area contributed by atoms with Crippen molar-refractivity contribution in [2.45, 2.75) is 39.2 Å². The van der Waals surface area contributed by atoms with Crippen molar-refractivity contribution in [2.24, 2.45) is 0 Å². The van der Waals surface area contributed by atoms with Crippen molar-refractivity contribution in [3.05, 3.63) is 23.8 Å². The number of thioether (sulfide) groups is 1. The lowest BCUT2D eigenvalue weighted by Crippen LogP contribution is -2.17. The van der Waals surface area contributed by atoms with Gasteiger partial charge in [-0.25, -0.2) is 0 Å². The normalized spacial score (nSPS) is 18.0. The molecule has 1 heterocycles. The van der Waals surface area contributed by atoms with Gasteiger partial charge in [-0.15, -0.1) is 0 Å². The zero-order valence-corrected chi connectivity index (χ0v) is 13.5. The van der Waals surface area contributed by atoms with Crippen molar-refractivity contribution in [3.63, 3.8) is 0 Å². The Balaban J connectivity index is 2.08. The van der Waals surface area contributed by atoms with Crippen LogP contribution in [0.1, 0.15) is 44.7 Å². The first-order chi connectivity index (χ1) is 10.3. The number of ether oxygens (including phenoxy) is 2. The van der Waals surface area contributed by atoms with E-state index in [0.717, 1.165) is 23.5 Å². The van der Waals surface area contributed by atoms with Crippen LogP contribution < -0.4 is 14.8 Å². The quantitative estimate of drug-likeness (QED) is 0.745. The molecule has 0 spiro atoms. The highest BCUT2D eigenvalue weighted by Gasteiger charge is 2.27. The second kappa shape index (κ2) is 8.29. The number of benzene rings is 1. The fraction of sp³-hybridized carbons (Fsp3) is 0.562. The van der Waals surface area contributed by atoms with Crippen LogP contribution in [0.15, 0.2) is 18.2 Å². The third-order valence-corrected chi connectivity index (χ3v) is 4.18. The van der Waals surface area contributed by atoms with Crippen LogP contribution in [0.25, 0.3) is 0 Å². The number of carbonyl (C=O) groups excluding carboxylic acids is 1. The highest BCUT2D eigenvalue weighted by Crippen LogP contribution is 2.34. The van der Waals surface area contributed by atoms with Gasteiger partial charge in [0.15, 0.2) is 11.5 Å². The van der Waals surface area contributed by atoms with Crippen molar-refractivity contribution < 1.29 is 14.3 Å². The van der Waals surface area contributed by atoms with E-state index in [2.05, 4.69) is 12.2 Å². The minimum Gasteiger partial charge on any atom is -0.490 e. The summed E-state index contributed by atoms with van der Waals surface area (Å²) in [5.41, 5.74) is 0.939. The van der Waals surface area contributed by atoms with Gasteiger partial charge in [-0.05, 0) is 31.0 Å². The number of hydrogen-bond donors (Lipinski definition) is 1. The average Bonchev–Trinajstić information content (AvgIpc) is 2.91. The van der Waals surface area contributed by atoms with Gasteiger partial charge in [-0.3, -0.25) is 10.1 Å². The van der Waals surface area contributed by atoms with Gasteiger partial charge < -0.3 is 9.47 Å². The first-order valence-electron chi connectivity index (χ1n) is 7.55. The Morgan fingerprint density at radius 3 is 2.76 bits per heavy atom. The number of nitrogens with one attached hydrogen (secondary N) is 1. The number of carbonyl (C=O) groups is 1. The van der Waals surface area contributed by atoms with Crippen molar-refractivity contribution in [3.8, 4) is 11.5 Å². The standard InChI is InChI=1S/C16H23NO3S/c1-3-5-6-9-20-13-8-7-12(10-14(13)19-4-2)15-16(18)21-11-17-15/h7-8,10,15,17H,3-6,9,11H2,1-2H3. The van der Waals surface area contributed by atoms with E-state index in [9.17, 15) is 4.79 Å². The summed E-state index contributed by atoms with van der Waals surface area (Å²) in [4.78, 5) is 11.8. The molecular weight excluding hydrogens is 286 g/mol. The molecule has 116 valence electrons. The zero-order chi connectivity index (χ0) is 15.1. The average molecular weight is 309 g/mol. The van der Waals surface area contributed by atoms with Crippen LogP contribution in [-0.2, 0) is 4.79 Å². The Kier molecular flexibility index (Phi) is 6.39. The van der Waals surface area contributed by atoms with Crippen LogP contribution in [0.3, 0.4) is 0 Å². The Bertz CT molecular complexity index is 479. The molecule has 0 bridgehead atoms. The lowest BCUT2D eigenvalue weighted by atomic mass is 10.1. The summed E-state index contributed by atoms with van der Waals surface area (Å²) in [6, 6.07) is 5.53. The molecule has 1 unspecified atom stereocenters. The van der Waals surface area contributed by atoms with E-state index in [0.29, 0.717) is 19.1 Å². The Hall–Kier alpha value is -1.20. The maximum Gasteiger partial charge on any atom is 0.211 e. The van der Waals surface area contributed by atoms with Gasteiger partial charge in [0.05, 0.1) is 19.1 Å². The molecule has 0 amide bonds. The second-order valence-corrected chi connectivity index (χ2v) is 5.92. The molecule has 4 nitrogen and oxygen atoms in total. The Morgan fingerprint density at radius 2 is 2.10 bits per heavy atom. The SMILES string of the molecule is CCCCCOc1ccc(C2NCSC2=O)cc1OCC. The van der Waals surface area contributed by atoms with Gasteiger partial charge in [0.1, 0.15) is 6.04 Å². The summed E-state index contributed by atoms with van der Waals surface area (Å²) >= 11 is 1.32. The molecule has 21 heavy (non-hydrogen) atoms. The maximum atomic E-state index is 11.8. The second-order valence-electron chi connectivity index (χ2n) is 4.94. The predicted octanol–water partition coefficient (Wildman–Crippen LogP) is 3.52. The first-order valence-corrected chi connectivity index (χ1v) is 8.54. The monoisotopic (exact) mass is 309 g/mol. The highest BCUT2D eigenvalue weighted by molar-refractivity contribution is 8.14. The van der Waals surface area contributed by atoms with Crippen molar-refractivity contribution in [2.75, 3.05) is 19.1 Å². The van der Waals surface area contributed by atoms with E-state index < -0.39 is 0 Å². The fourth-order valence-corrected chi connectivity index (χ4v) is 3.02. The maximum absolute atomic E-state index is 11.8. The van der Waals surface area contributed by atoms with Crippen LogP contribution in [0, 0.1) is 0 Å². The van der Waals surface area contributed by atoms with E-state index in [-0.39, 0.29) is 11.2 Å². The molecule has 5 heteroatoms. The number of rotatable bonds is 8. The zero-order valence-electron chi connectivity index (χ0n) is 12.7. The minimum atomic E-state index is -0.233. The molecule has 1 fully saturated rings. The van der Waals surface area contributed by atoms with Crippen LogP contribution in [0.2, 0.25) is 0 Å². The summed E-state index contributed by atoms with van der Waals surface area (Å²) in [5.74, 6) is 2.15. The number of unbranched alkanes of at least 4 members (excludes halogenated alkanes) is 2. The van der Waals surface area contributed by atoms with Crippen LogP contribution >= 0.6 is 11.8 Å². The van der Waals surface area contributed by atoms with Gasteiger partial charge in [-0.2, -0.15) is 0 Å².